The highest BCUT2D eigenvalue weighted by Crippen LogP contribution is 2.31. The van der Waals surface area contributed by atoms with E-state index in [2.05, 4.69) is 5.32 Å². The standard InChI is InChI=1S/C7H12ClNO2/c8-7(9-6(10)11)4-2-1-3-5-7/h9H,1-5H2,(H,10,11). The molecule has 1 amide bonds. The van der Waals surface area contributed by atoms with E-state index in [1.54, 1.807) is 0 Å². The first kappa shape index (κ1) is 8.65. The Morgan fingerprint density at radius 1 is 1.36 bits per heavy atom. The van der Waals surface area contributed by atoms with E-state index in [1.165, 1.54) is 0 Å². The third kappa shape index (κ3) is 2.58. The summed E-state index contributed by atoms with van der Waals surface area (Å²) < 4.78 is 0. The lowest BCUT2D eigenvalue weighted by Gasteiger charge is -2.30. The average molecular weight is 178 g/mol. The van der Waals surface area contributed by atoms with Gasteiger partial charge in [0.1, 0.15) is 5.00 Å². The number of carbonyl (C=O) groups is 1. The number of amides is 1. The number of alkyl halides is 1. The first-order chi connectivity index (χ1) is 5.12. The minimum absolute atomic E-state index is 0.677. The van der Waals surface area contributed by atoms with E-state index >= 15 is 0 Å². The van der Waals surface area contributed by atoms with E-state index < -0.39 is 11.1 Å². The van der Waals surface area contributed by atoms with Crippen molar-refractivity contribution in [3.05, 3.63) is 0 Å². The first-order valence-electron chi connectivity index (χ1n) is 3.82. The van der Waals surface area contributed by atoms with Gasteiger partial charge in [-0.15, -0.1) is 0 Å². The number of carboxylic acid groups (broad SMARTS) is 1. The van der Waals surface area contributed by atoms with Crippen LogP contribution in [-0.4, -0.2) is 16.2 Å². The van der Waals surface area contributed by atoms with Crippen LogP contribution in [0.25, 0.3) is 0 Å². The minimum atomic E-state index is -1.03. The molecule has 0 bridgehead atoms. The van der Waals surface area contributed by atoms with Crippen LogP contribution >= 0.6 is 11.6 Å². The monoisotopic (exact) mass is 177 g/mol. The van der Waals surface area contributed by atoms with E-state index in [-0.39, 0.29) is 0 Å². The molecule has 0 spiro atoms. The number of nitrogens with one attached hydrogen (secondary N) is 1. The summed E-state index contributed by atoms with van der Waals surface area (Å²) in [5, 5.41) is 10.8. The van der Waals surface area contributed by atoms with Gasteiger partial charge in [-0.2, -0.15) is 0 Å². The van der Waals surface area contributed by atoms with Gasteiger partial charge in [0.2, 0.25) is 0 Å². The minimum Gasteiger partial charge on any atom is -0.465 e. The third-order valence-corrected chi connectivity index (χ3v) is 2.45. The van der Waals surface area contributed by atoms with E-state index in [1.807, 2.05) is 0 Å². The SMILES string of the molecule is O=C(O)NC1(Cl)CCCCC1. The Bertz CT molecular complexity index is 155. The molecule has 1 saturated carbocycles. The molecule has 4 heteroatoms. The van der Waals surface area contributed by atoms with Crippen LogP contribution in [0.5, 0.6) is 0 Å². The van der Waals surface area contributed by atoms with Gasteiger partial charge < -0.3 is 10.4 Å². The fourth-order valence-electron chi connectivity index (χ4n) is 1.43. The van der Waals surface area contributed by atoms with E-state index in [0.29, 0.717) is 0 Å². The van der Waals surface area contributed by atoms with Gasteiger partial charge in [0.15, 0.2) is 0 Å². The van der Waals surface area contributed by atoms with Crippen molar-refractivity contribution in [2.24, 2.45) is 0 Å². The topological polar surface area (TPSA) is 49.3 Å². The van der Waals surface area contributed by atoms with Gasteiger partial charge in [-0.25, -0.2) is 4.79 Å². The molecule has 0 aromatic rings. The van der Waals surface area contributed by atoms with Crippen molar-refractivity contribution in [2.75, 3.05) is 0 Å². The summed E-state index contributed by atoms with van der Waals surface area (Å²) in [5.41, 5.74) is 0. The second-order valence-corrected chi connectivity index (χ2v) is 3.68. The van der Waals surface area contributed by atoms with Gasteiger partial charge in [0.25, 0.3) is 0 Å². The van der Waals surface area contributed by atoms with Crippen LogP contribution in [0.3, 0.4) is 0 Å². The van der Waals surface area contributed by atoms with Crippen LogP contribution in [0.1, 0.15) is 32.1 Å². The van der Waals surface area contributed by atoms with E-state index in [4.69, 9.17) is 16.7 Å². The second-order valence-electron chi connectivity index (χ2n) is 2.96. The molecule has 64 valence electrons. The third-order valence-electron chi connectivity index (χ3n) is 1.98. The molecule has 1 aliphatic carbocycles. The maximum absolute atomic E-state index is 10.3. The lowest BCUT2D eigenvalue weighted by Crippen LogP contribution is -2.44. The van der Waals surface area contributed by atoms with Crippen molar-refractivity contribution in [3.63, 3.8) is 0 Å². The predicted octanol–water partition coefficient (Wildman–Crippen LogP) is 2.15. The Hall–Kier alpha value is -0.440. The Kier molecular flexibility index (Phi) is 2.60. The lowest BCUT2D eigenvalue weighted by molar-refractivity contribution is 0.181. The van der Waals surface area contributed by atoms with Crippen LogP contribution in [0.15, 0.2) is 0 Å². The maximum atomic E-state index is 10.3. The van der Waals surface area contributed by atoms with Gasteiger partial charge >= 0.3 is 6.09 Å². The molecule has 0 aromatic carbocycles. The van der Waals surface area contributed by atoms with Crippen LogP contribution in [-0.2, 0) is 0 Å². The van der Waals surface area contributed by atoms with Gasteiger partial charge in [0.05, 0.1) is 0 Å². The molecule has 0 atom stereocenters. The zero-order valence-corrected chi connectivity index (χ0v) is 7.02. The fraction of sp³-hybridized carbons (Fsp3) is 0.857. The van der Waals surface area contributed by atoms with Crippen LogP contribution in [0.2, 0.25) is 0 Å². The molecule has 0 aliphatic heterocycles. The zero-order chi connectivity index (χ0) is 8.32. The second kappa shape index (κ2) is 3.30. The summed E-state index contributed by atoms with van der Waals surface area (Å²) in [7, 11) is 0. The number of halogens is 1. The van der Waals surface area contributed by atoms with Crippen LogP contribution in [0, 0.1) is 0 Å². The molecule has 11 heavy (non-hydrogen) atoms. The quantitative estimate of drug-likeness (QED) is 0.476. The van der Waals surface area contributed by atoms with Gasteiger partial charge in [-0.05, 0) is 25.7 Å². The average Bonchev–Trinajstić information content (AvgIpc) is 1.85. The van der Waals surface area contributed by atoms with Crippen molar-refractivity contribution in [1.29, 1.82) is 0 Å². The van der Waals surface area contributed by atoms with Gasteiger partial charge in [-0.3, -0.25) is 0 Å². The molecular formula is C7H12ClNO2. The number of hydrogen-bond donors (Lipinski definition) is 2. The van der Waals surface area contributed by atoms with Crippen LogP contribution in [0.4, 0.5) is 4.79 Å². The number of rotatable bonds is 1. The Morgan fingerprint density at radius 3 is 2.36 bits per heavy atom. The zero-order valence-electron chi connectivity index (χ0n) is 6.27. The number of hydrogen-bond acceptors (Lipinski definition) is 1. The molecule has 1 rings (SSSR count). The fourth-order valence-corrected chi connectivity index (χ4v) is 1.78. The summed E-state index contributed by atoms with van der Waals surface area (Å²) in [5.74, 6) is 0. The van der Waals surface area contributed by atoms with E-state index in [0.717, 1.165) is 32.1 Å². The molecule has 0 unspecified atom stereocenters. The summed E-state index contributed by atoms with van der Waals surface area (Å²) in [4.78, 5) is 9.60. The smallest absolute Gasteiger partial charge is 0.406 e. The van der Waals surface area contributed by atoms with Crippen molar-refractivity contribution in [2.45, 2.75) is 37.1 Å². The van der Waals surface area contributed by atoms with Gasteiger partial charge in [0, 0.05) is 0 Å². The van der Waals surface area contributed by atoms with Crippen molar-refractivity contribution in [1.82, 2.24) is 5.32 Å². The molecule has 3 nitrogen and oxygen atoms in total. The van der Waals surface area contributed by atoms with Crippen LogP contribution < -0.4 is 5.32 Å². The normalized spacial score (nSPS) is 22.6. The van der Waals surface area contributed by atoms with Crippen molar-refractivity contribution < 1.29 is 9.90 Å². The molecule has 0 aromatic heterocycles. The summed E-state index contributed by atoms with van der Waals surface area (Å²) in [6.07, 6.45) is 3.67. The molecule has 1 aliphatic rings. The molecule has 2 N–H and O–H groups in total. The highest BCUT2D eigenvalue weighted by Gasteiger charge is 2.30. The molecule has 0 saturated heterocycles. The highest BCUT2D eigenvalue weighted by atomic mass is 35.5. The first-order valence-corrected chi connectivity index (χ1v) is 4.20. The van der Waals surface area contributed by atoms with Crippen molar-refractivity contribution >= 4 is 17.7 Å². The summed E-state index contributed by atoms with van der Waals surface area (Å²) >= 11 is 5.98. The molecule has 0 heterocycles. The lowest BCUT2D eigenvalue weighted by atomic mass is 9.95. The largest absolute Gasteiger partial charge is 0.465 e. The Labute approximate surface area is 70.7 Å². The Morgan fingerprint density at radius 2 is 1.91 bits per heavy atom. The molecule has 1 fully saturated rings. The molecule has 0 radical (unpaired) electrons. The maximum Gasteiger partial charge on any atom is 0.406 e. The molecular weight excluding hydrogens is 166 g/mol. The van der Waals surface area contributed by atoms with Gasteiger partial charge in [-0.1, -0.05) is 18.0 Å². The predicted molar refractivity (Wildman–Crippen MR) is 42.8 cm³/mol. The highest BCUT2D eigenvalue weighted by molar-refractivity contribution is 6.24. The summed E-state index contributed by atoms with van der Waals surface area (Å²) in [6, 6.07) is 0. The summed E-state index contributed by atoms with van der Waals surface area (Å²) in [6.45, 7) is 0. The Balaban J connectivity index is 2.43. The van der Waals surface area contributed by atoms with E-state index in [9.17, 15) is 4.79 Å². The van der Waals surface area contributed by atoms with Crippen molar-refractivity contribution in [3.8, 4) is 0 Å².